The average Bonchev–Trinajstić information content (AvgIpc) is 2.83. The number of benzene rings is 2. The second-order valence-corrected chi connectivity index (χ2v) is 8.81. The number of likely N-dealkylation sites (tertiary alicyclic amines) is 1. The molecule has 178 valence electrons. The van der Waals surface area contributed by atoms with Crippen LogP contribution < -0.4 is 20.1 Å². The molecule has 7 heteroatoms. The van der Waals surface area contributed by atoms with Gasteiger partial charge in [-0.25, -0.2) is 0 Å². The highest BCUT2D eigenvalue weighted by atomic mass is 16.5. The van der Waals surface area contributed by atoms with Gasteiger partial charge in [0, 0.05) is 25.7 Å². The van der Waals surface area contributed by atoms with Crippen LogP contribution in [0.25, 0.3) is 0 Å². The second-order valence-electron chi connectivity index (χ2n) is 8.81. The lowest BCUT2D eigenvalue weighted by Gasteiger charge is -2.33. The number of hydrogen-bond acceptors (Lipinski definition) is 5. The van der Waals surface area contributed by atoms with Gasteiger partial charge in [-0.3, -0.25) is 14.5 Å². The average molecular weight is 454 g/mol. The molecule has 0 spiro atoms. The lowest BCUT2D eigenvalue weighted by atomic mass is 9.99. The third-order valence-corrected chi connectivity index (χ3v) is 6.06. The third-order valence-electron chi connectivity index (χ3n) is 6.06. The fraction of sp³-hybridized carbons (Fsp3) is 0.462. The van der Waals surface area contributed by atoms with Crippen molar-refractivity contribution in [2.45, 2.75) is 45.3 Å². The summed E-state index contributed by atoms with van der Waals surface area (Å²) in [5.74, 6) is 0.858. The molecule has 1 saturated heterocycles. The smallest absolute Gasteiger partial charge is 0.255 e. The van der Waals surface area contributed by atoms with Crippen LogP contribution in [-0.4, -0.2) is 56.1 Å². The van der Waals surface area contributed by atoms with Crippen LogP contribution in [0.2, 0.25) is 0 Å². The van der Waals surface area contributed by atoms with Crippen molar-refractivity contribution in [1.82, 2.24) is 15.5 Å². The van der Waals surface area contributed by atoms with Gasteiger partial charge in [0.15, 0.2) is 0 Å². The number of nitrogens with one attached hydrogen (secondary N) is 2. The molecule has 2 amide bonds. The van der Waals surface area contributed by atoms with E-state index in [0.717, 1.165) is 38.2 Å². The first-order chi connectivity index (χ1) is 15.9. The van der Waals surface area contributed by atoms with E-state index in [1.165, 1.54) is 12.7 Å². The maximum absolute atomic E-state index is 13.0. The molecule has 0 bridgehead atoms. The topological polar surface area (TPSA) is 79.9 Å². The van der Waals surface area contributed by atoms with Crippen LogP contribution in [0.5, 0.6) is 11.5 Å². The van der Waals surface area contributed by atoms with Gasteiger partial charge in [0.25, 0.3) is 5.91 Å². The maximum Gasteiger partial charge on any atom is 0.255 e. The molecule has 0 aliphatic carbocycles. The SMILES string of the molecule is COc1cccc(CN2CCC(NC(=O)C(NC(=O)c3ccccc3OC)C(C)C)CC2)c1. The van der Waals surface area contributed by atoms with E-state index in [4.69, 9.17) is 9.47 Å². The number of nitrogens with zero attached hydrogens (tertiary/aromatic N) is 1. The number of rotatable bonds is 9. The Morgan fingerprint density at radius 1 is 1.03 bits per heavy atom. The van der Waals surface area contributed by atoms with Gasteiger partial charge in [0.1, 0.15) is 17.5 Å². The Morgan fingerprint density at radius 3 is 2.42 bits per heavy atom. The van der Waals surface area contributed by atoms with E-state index in [1.54, 1.807) is 25.3 Å². The number of carbonyl (C=O) groups excluding carboxylic acids is 2. The van der Waals surface area contributed by atoms with Gasteiger partial charge >= 0.3 is 0 Å². The molecule has 7 nitrogen and oxygen atoms in total. The number of hydrogen-bond donors (Lipinski definition) is 2. The van der Waals surface area contributed by atoms with Crippen molar-refractivity contribution < 1.29 is 19.1 Å². The zero-order valence-corrected chi connectivity index (χ0v) is 20.0. The zero-order valence-electron chi connectivity index (χ0n) is 20.0. The van der Waals surface area contributed by atoms with E-state index in [1.807, 2.05) is 32.0 Å². The molecular formula is C26H35N3O4. The molecule has 1 aliphatic rings. The fourth-order valence-corrected chi connectivity index (χ4v) is 4.14. The lowest BCUT2D eigenvalue weighted by molar-refractivity contribution is -0.125. The lowest BCUT2D eigenvalue weighted by Crippen LogP contribution is -2.54. The summed E-state index contributed by atoms with van der Waals surface area (Å²) in [4.78, 5) is 28.2. The van der Waals surface area contributed by atoms with Crippen molar-refractivity contribution in [2.24, 2.45) is 5.92 Å². The summed E-state index contributed by atoms with van der Waals surface area (Å²) in [6.45, 7) is 6.54. The van der Waals surface area contributed by atoms with Gasteiger partial charge in [-0.1, -0.05) is 38.1 Å². The standard InChI is InChI=1S/C26H35N3O4/c1-18(2)24(28-25(30)22-10-5-6-11-23(22)33-4)26(31)27-20-12-14-29(15-13-20)17-19-8-7-9-21(16-19)32-3/h5-11,16,18,20,24H,12-15,17H2,1-4H3,(H,27,31)(H,28,30). The molecular weight excluding hydrogens is 418 g/mol. The van der Waals surface area contributed by atoms with Gasteiger partial charge in [-0.15, -0.1) is 0 Å². The van der Waals surface area contributed by atoms with Crippen molar-refractivity contribution in [3.8, 4) is 11.5 Å². The second kappa shape index (κ2) is 11.7. The first-order valence-corrected chi connectivity index (χ1v) is 11.5. The van der Waals surface area contributed by atoms with E-state index in [-0.39, 0.29) is 23.8 Å². The summed E-state index contributed by atoms with van der Waals surface area (Å²) in [5, 5.41) is 6.05. The van der Waals surface area contributed by atoms with Crippen LogP contribution in [0.4, 0.5) is 0 Å². The number of carbonyl (C=O) groups is 2. The molecule has 0 saturated carbocycles. The molecule has 2 N–H and O–H groups in total. The molecule has 0 radical (unpaired) electrons. The van der Waals surface area contributed by atoms with E-state index in [0.29, 0.717) is 11.3 Å². The molecule has 0 aromatic heterocycles. The van der Waals surface area contributed by atoms with E-state index in [2.05, 4.69) is 27.7 Å². The molecule has 33 heavy (non-hydrogen) atoms. The van der Waals surface area contributed by atoms with Gasteiger partial charge in [-0.2, -0.15) is 0 Å². The Kier molecular flexibility index (Phi) is 8.72. The monoisotopic (exact) mass is 453 g/mol. The van der Waals surface area contributed by atoms with Crippen LogP contribution in [0.15, 0.2) is 48.5 Å². The highest BCUT2D eigenvalue weighted by Crippen LogP contribution is 2.19. The number of methoxy groups -OCH3 is 2. The maximum atomic E-state index is 13.0. The van der Waals surface area contributed by atoms with Crippen LogP contribution in [-0.2, 0) is 11.3 Å². The molecule has 1 fully saturated rings. The van der Waals surface area contributed by atoms with Crippen molar-refractivity contribution in [3.63, 3.8) is 0 Å². The quantitative estimate of drug-likeness (QED) is 0.609. The van der Waals surface area contributed by atoms with Crippen LogP contribution in [0.3, 0.4) is 0 Å². The fourth-order valence-electron chi connectivity index (χ4n) is 4.14. The molecule has 1 atom stereocenters. The zero-order chi connectivity index (χ0) is 23.8. The summed E-state index contributed by atoms with van der Waals surface area (Å²) < 4.78 is 10.6. The number of ether oxygens (including phenoxy) is 2. The minimum Gasteiger partial charge on any atom is -0.497 e. The number of para-hydroxylation sites is 1. The molecule has 3 rings (SSSR count). The Bertz CT molecular complexity index is 939. The van der Waals surface area contributed by atoms with E-state index < -0.39 is 6.04 Å². The van der Waals surface area contributed by atoms with Crippen LogP contribution in [0, 0.1) is 5.92 Å². The third kappa shape index (κ3) is 6.71. The molecule has 2 aromatic carbocycles. The van der Waals surface area contributed by atoms with Crippen molar-refractivity contribution >= 4 is 11.8 Å². The first kappa shape index (κ1) is 24.6. The Labute approximate surface area is 196 Å². The number of amides is 2. The summed E-state index contributed by atoms with van der Waals surface area (Å²) in [6, 6.07) is 14.6. The van der Waals surface area contributed by atoms with Gasteiger partial charge < -0.3 is 20.1 Å². The van der Waals surface area contributed by atoms with Crippen molar-refractivity contribution in [3.05, 3.63) is 59.7 Å². The highest BCUT2D eigenvalue weighted by molar-refractivity contribution is 5.99. The van der Waals surface area contributed by atoms with Crippen LogP contribution >= 0.6 is 0 Å². The first-order valence-electron chi connectivity index (χ1n) is 11.5. The van der Waals surface area contributed by atoms with E-state index in [9.17, 15) is 9.59 Å². The predicted octanol–water partition coefficient (Wildman–Crippen LogP) is 3.24. The normalized spacial score (nSPS) is 15.7. The Balaban J connectivity index is 1.53. The summed E-state index contributed by atoms with van der Waals surface area (Å²) in [7, 11) is 3.20. The molecule has 1 heterocycles. The van der Waals surface area contributed by atoms with Gasteiger partial charge in [0.05, 0.1) is 19.8 Å². The Hall–Kier alpha value is -3.06. The Morgan fingerprint density at radius 2 is 1.76 bits per heavy atom. The summed E-state index contributed by atoms with van der Waals surface area (Å²) >= 11 is 0. The molecule has 1 aliphatic heterocycles. The summed E-state index contributed by atoms with van der Waals surface area (Å²) in [6.07, 6.45) is 1.75. The van der Waals surface area contributed by atoms with Crippen molar-refractivity contribution in [1.29, 1.82) is 0 Å². The van der Waals surface area contributed by atoms with Gasteiger partial charge in [0.2, 0.25) is 5.91 Å². The van der Waals surface area contributed by atoms with Crippen LogP contribution in [0.1, 0.15) is 42.6 Å². The van der Waals surface area contributed by atoms with E-state index >= 15 is 0 Å². The molecule has 2 aromatic rings. The predicted molar refractivity (Wildman–Crippen MR) is 129 cm³/mol. The minimum absolute atomic E-state index is 0.0446. The molecule has 1 unspecified atom stereocenters. The number of piperidine rings is 1. The highest BCUT2D eigenvalue weighted by Gasteiger charge is 2.29. The summed E-state index contributed by atoms with van der Waals surface area (Å²) in [5.41, 5.74) is 1.64. The van der Waals surface area contributed by atoms with Gasteiger partial charge in [-0.05, 0) is 48.6 Å². The van der Waals surface area contributed by atoms with Crippen molar-refractivity contribution in [2.75, 3.05) is 27.3 Å². The minimum atomic E-state index is -0.614. The largest absolute Gasteiger partial charge is 0.497 e.